The van der Waals surface area contributed by atoms with Crippen LogP contribution >= 0.6 is 0 Å². The van der Waals surface area contributed by atoms with Crippen molar-refractivity contribution in [3.63, 3.8) is 0 Å². The van der Waals surface area contributed by atoms with Crippen LogP contribution in [0.3, 0.4) is 0 Å². The van der Waals surface area contributed by atoms with Crippen LogP contribution in [-0.2, 0) is 5.41 Å². The fourth-order valence-electron chi connectivity index (χ4n) is 5.50. The largest absolute Gasteiger partial charge is 0.380 e. The van der Waals surface area contributed by atoms with E-state index in [4.69, 9.17) is 4.52 Å². The third-order valence-electron chi connectivity index (χ3n) is 6.57. The lowest BCUT2D eigenvalue weighted by Crippen LogP contribution is -2.51. The molecule has 0 saturated heterocycles. The van der Waals surface area contributed by atoms with Crippen molar-refractivity contribution in [2.24, 2.45) is 5.92 Å². The number of benzene rings is 1. The number of fused-ring (bicyclic) bond motifs is 3. The first-order chi connectivity index (χ1) is 11.2. The van der Waals surface area contributed by atoms with Gasteiger partial charge in [0, 0.05) is 16.8 Å². The van der Waals surface area contributed by atoms with Crippen LogP contribution in [0.5, 0.6) is 0 Å². The van der Waals surface area contributed by atoms with Crippen molar-refractivity contribution < 1.29 is 4.52 Å². The van der Waals surface area contributed by atoms with E-state index in [1.165, 1.54) is 47.2 Å². The summed E-state index contributed by atoms with van der Waals surface area (Å²) in [4.78, 5) is 0. The Bertz CT molecular complexity index is 798. The molecule has 1 N–H and O–H groups in total. The monoisotopic (exact) mass is 324 g/mol. The SMILES string of the molecule is Cc1cc2c(cc1-c1c(C)noc1C)C1(C)CCCC1C(C)(C)N2. The number of aromatic nitrogens is 1. The molecule has 0 spiro atoms. The Morgan fingerprint density at radius 3 is 2.58 bits per heavy atom. The summed E-state index contributed by atoms with van der Waals surface area (Å²) in [6.45, 7) is 13.4. The van der Waals surface area contributed by atoms with Crippen molar-refractivity contribution in [1.82, 2.24) is 5.16 Å². The van der Waals surface area contributed by atoms with Crippen molar-refractivity contribution in [3.05, 3.63) is 34.7 Å². The van der Waals surface area contributed by atoms with E-state index in [1.54, 1.807) is 0 Å². The maximum atomic E-state index is 5.43. The molecule has 1 aromatic carbocycles. The average Bonchev–Trinajstić information content (AvgIpc) is 3.04. The molecule has 2 heterocycles. The van der Waals surface area contributed by atoms with Crippen LogP contribution in [-0.4, -0.2) is 10.7 Å². The zero-order chi connectivity index (χ0) is 17.3. The summed E-state index contributed by atoms with van der Waals surface area (Å²) < 4.78 is 5.43. The van der Waals surface area contributed by atoms with Gasteiger partial charge in [-0.3, -0.25) is 0 Å². The van der Waals surface area contributed by atoms with E-state index in [2.05, 4.69) is 50.3 Å². The van der Waals surface area contributed by atoms with Crippen molar-refractivity contribution in [3.8, 4) is 11.1 Å². The number of anilines is 1. The van der Waals surface area contributed by atoms with E-state index in [-0.39, 0.29) is 11.0 Å². The van der Waals surface area contributed by atoms with E-state index in [0.717, 1.165) is 11.5 Å². The van der Waals surface area contributed by atoms with E-state index in [0.29, 0.717) is 5.92 Å². The summed E-state index contributed by atoms with van der Waals surface area (Å²) in [6, 6.07) is 4.75. The molecule has 1 aliphatic carbocycles. The molecule has 1 saturated carbocycles. The second-order valence-corrected chi connectivity index (χ2v) is 8.62. The van der Waals surface area contributed by atoms with Crippen molar-refractivity contribution in [1.29, 1.82) is 0 Å². The number of hydrogen-bond acceptors (Lipinski definition) is 3. The Kier molecular flexibility index (Phi) is 3.20. The topological polar surface area (TPSA) is 38.1 Å². The molecular formula is C21H28N2O. The maximum absolute atomic E-state index is 5.43. The van der Waals surface area contributed by atoms with Crippen LogP contribution in [0.4, 0.5) is 5.69 Å². The Labute approximate surface area is 144 Å². The first kappa shape index (κ1) is 15.7. The highest BCUT2D eigenvalue weighted by atomic mass is 16.5. The molecule has 1 fully saturated rings. The Morgan fingerprint density at radius 2 is 1.92 bits per heavy atom. The second-order valence-electron chi connectivity index (χ2n) is 8.62. The number of hydrogen-bond donors (Lipinski definition) is 1. The molecule has 1 aromatic heterocycles. The highest BCUT2D eigenvalue weighted by Gasteiger charge is 2.51. The molecule has 0 radical (unpaired) electrons. The maximum Gasteiger partial charge on any atom is 0.141 e. The zero-order valence-electron chi connectivity index (χ0n) is 15.7. The van der Waals surface area contributed by atoms with E-state index in [1.807, 2.05) is 13.8 Å². The molecule has 0 bridgehead atoms. The predicted molar refractivity (Wildman–Crippen MR) is 98.5 cm³/mol. The van der Waals surface area contributed by atoms with Crippen LogP contribution < -0.4 is 5.32 Å². The fourth-order valence-corrected chi connectivity index (χ4v) is 5.50. The highest BCUT2D eigenvalue weighted by Crippen LogP contribution is 2.56. The van der Waals surface area contributed by atoms with Gasteiger partial charge in [-0.1, -0.05) is 18.5 Å². The predicted octanol–water partition coefficient (Wildman–Crippen LogP) is 5.53. The van der Waals surface area contributed by atoms with Crippen molar-refractivity contribution >= 4 is 5.69 Å². The minimum atomic E-state index is 0.148. The van der Waals surface area contributed by atoms with Gasteiger partial charge >= 0.3 is 0 Å². The van der Waals surface area contributed by atoms with E-state index < -0.39 is 0 Å². The lowest BCUT2D eigenvalue weighted by atomic mass is 9.63. The lowest BCUT2D eigenvalue weighted by Gasteiger charge is -2.49. The van der Waals surface area contributed by atoms with E-state index >= 15 is 0 Å². The number of nitrogens with one attached hydrogen (secondary N) is 1. The molecule has 24 heavy (non-hydrogen) atoms. The normalized spacial score (nSPS) is 27.5. The van der Waals surface area contributed by atoms with Gasteiger partial charge < -0.3 is 9.84 Å². The fraction of sp³-hybridized carbons (Fsp3) is 0.571. The standard InChI is InChI=1S/C21H28N2O/c1-12-10-17-16(11-15(12)19-13(2)23-24-14(19)3)21(6)9-7-8-18(21)20(4,5)22-17/h10-11,18,22H,7-9H2,1-6H3. The van der Waals surface area contributed by atoms with Crippen molar-refractivity contribution in [2.45, 2.75) is 71.8 Å². The summed E-state index contributed by atoms with van der Waals surface area (Å²) in [5.41, 5.74) is 7.90. The molecule has 1 aliphatic heterocycles. The van der Waals surface area contributed by atoms with Crippen LogP contribution in [0.15, 0.2) is 16.7 Å². The van der Waals surface area contributed by atoms with Gasteiger partial charge in [0.05, 0.1) is 5.69 Å². The van der Waals surface area contributed by atoms with Crippen LogP contribution in [0, 0.1) is 26.7 Å². The molecule has 3 nitrogen and oxygen atoms in total. The van der Waals surface area contributed by atoms with Crippen LogP contribution in [0.1, 0.15) is 62.6 Å². The summed E-state index contributed by atoms with van der Waals surface area (Å²) in [5.74, 6) is 1.59. The van der Waals surface area contributed by atoms with E-state index in [9.17, 15) is 0 Å². The second kappa shape index (κ2) is 4.87. The molecule has 2 aliphatic rings. The van der Waals surface area contributed by atoms with Gasteiger partial charge in [-0.25, -0.2) is 0 Å². The van der Waals surface area contributed by atoms with Gasteiger partial charge in [-0.05, 0) is 87.6 Å². The lowest BCUT2D eigenvalue weighted by molar-refractivity contribution is 0.230. The first-order valence-electron chi connectivity index (χ1n) is 9.10. The van der Waals surface area contributed by atoms with Gasteiger partial charge in [-0.2, -0.15) is 0 Å². The molecule has 2 atom stereocenters. The summed E-state index contributed by atoms with van der Waals surface area (Å²) in [5, 5.41) is 8.00. The smallest absolute Gasteiger partial charge is 0.141 e. The van der Waals surface area contributed by atoms with Gasteiger partial charge in [0.15, 0.2) is 0 Å². The quantitative estimate of drug-likeness (QED) is 0.749. The molecule has 4 rings (SSSR count). The van der Waals surface area contributed by atoms with Gasteiger partial charge in [0.1, 0.15) is 5.76 Å². The molecular weight excluding hydrogens is 296 g/mol. The molecule has 3 heteroatoms. The Morgan fingerprint density at radius 1 is 1.17 bits per heavy atom. The minimum Gasteiger partial charge on any atom is -0.380 e. The number of nitrogens with zero attached hydrogens (tertiary/aromatic N) is 1. The Hall–Kier alpha value is -1.77. The summed E-state index contributed by atoms with van der Waals surface area (Å²) in [7, 11) is 0. The van der Waals surface area contributed by atoms with Crippen molar-refractivity contribution in [2.75, 3.05) is 5.32 Å². The first-order valence-corrected chi connectivity index (χ1v) is 9.10. The molecule has 2 unspecified atom stereocenters. The minimum absolute atomic E-state index is 0.148. The molecule has 2 aromatic rings. The summed E-state index contributed by atoms with van der Waals surface area (Å²) >= 11 is 0. The highest BCUT2D eigenvalue weighted by molar-refractivity contribution is 5.77. The third kappa shape index (κ3) is 2.00. The third-order valence-corrected chi connectivity index (χ3v) is 6.57. The van der Waals surface area contributed by atoms with Gasteiger partial charge in [0.2, 0.25) is 0 Å². The molecule has 128 valence electrons. The zero-order valence-corrected chi connectivity index (χ0v) is 15.7. The van der Waals surface area contributed by atoms with Gasteiger partial charge in [-0.15, -0.1) is 0 Å². The number of aryl methyl sites for hydroxylation is 3. The number of rotatable bonds is 1. The van der Waals surface area contributed by atoms with Crippen LogP contribution in [0.25, 0.3) is 11.1 Å². The van der Waals surface area contributed by atoms with Crippen LogP contribution in [0.2, 0.25) is 0 Å². The van der Waals surface area contributed by atoms with Gasteiger partial charge in [0.25, 0.3) is 0 Å². The Balaban J connectivity index is 1.95. The average molecular weight is 324 g/mol. The molecule has 0 amide bonds. The summed E-state index contributed by atoms with van der Waals surface area (Å²) in [6.07, 6.45) is 3.91.